The third-order valence-corrected chi connectivity index (χ3v) is 7.80. The number of phosphoric acid groups is 1. The Bertz CT molecular complexity index is 1780. The maximum Gasteiger partial charge on any atom is 0.469 e. The minimum absolute atomic E-state index is 0.0377. The summed E-state index contributed by atoms with van der Waals surface area (Å²) in [5.74, 6) is -0.0396. The molecule has 22 nitrogen and oxygen atoms in total. The number of phosphoric ester groups is 1. The molecule has 4 aromatic rings. The smallest absolute Gasteiger partial charge is 0.387 e. The van der Waals surface area contributed by atoms with Gasteiger partial charge in [0.25, 0.3) is 5.56 Å². The van der Waals surface area contributed by atoms with Crippen LogP contribution in [0.1, 0.15) is 12.5 Å². The Kier molecular flexibility index (Phi) is 8.53. The number of hydrogen-bond donors (Lipinski definition) is 7. The summed E-state index contributed by atoms with van der Waals surface area (Å²) in [7, 11) is -3.49. The van der Waals surface area contributed by atoms with Crippen molar-refractivity contribution in [3.8, 4) is 0 Å². The lowest BCUT2D eigenvalue weighted by Gasteiger charge is -2.24. The van der Waals surface area contributed by atoms with Crippen LogP contribution < -0.4 is 17.0 Å². The van der Waals surface area contributed by atoms with Gasteiger partial charge in [0.2, 0.25) is 5.95 Å². The number of methoxy groups -OCH3 is 1. The standard InChI is InChI=1S/C22H29N10O12P/c1-39-15-14(9(3-42-45(36,37)38)44-21(15)31-5-27-10-16(23)25-4-26-17(10)31)41-7-40-2-8-12(33)13(34)20(43-8)32-6-28-11-18(32)29-22(24)30-19(11)35/h4-6,8-9,12-15,20-21,33-34H,2-3,7H2,1H3,(H2,23,25,26)(H2,36,37,38)(H3,24,29,30,35)/t8-,9-,12-,13-,14-,15-,20-,21-/m1/s1. The highest BCUT2D eigenvalue weighted by Gasteiger charge is 2.49. The van der Waals surface area contributed by atoms with Gasteiger partial charge in [0.15, 0.2) is 35.1 Å². The van der Waals surface area contributed by atoms with Gasteiger partial charge in [-0.15, -0.1) is 0 Å². The summed E-state index contributed by atoms with van der Waals surface area (Å²) in [6.45, 7) is -1.27. The molecule has 45 heavy (non-hydrogen) atoms. The van der Waals surface area contributed by atoms with Crippen LogP contribution in [0, 0.1) is 0 Å². The van der Waals surface area contributed by atoms with Crippen LogP contribution in [0.4, 0.5) is 11.8 Å². The molecule has 0 amide bonds. The molecule has 2 aliphatic rings. The number of nitrogens with zero attached hydrogens (tertiary/aromatic N) is 7. The molecule has 2 aliphatic heterocycles. The van der Waals surface area contributed by atoms with Crippen molar-refractivity contribution < 1.29 is 52.8 Å². The van der Waals surface area contributed by atoms with Gasteiger partial charge in [0.1, 0.15) is 55.3 Å². The van der Waals surface area contributed by atoms with E-state index in [4.69, 9.17) is 35.2 Å². The van der Waals surface area contributed by atoms with Crippen LogP contribution in [-0.4, -0.2) is 123 Å². The molecule has 2 saturated heterocycles. The second kappa shape index (κ2) is 12.3. The van der Waals surface area contributed by atoms with Crippen LogP contribution in [0.2, 0.25) is 0 Å². The van der Waals surface area contributed by atoms with E-state index in [1.807, 2.05) is 0 Å². The second-order valence-corrected chi connectivity index (χ2v) is 11.3. The molecular weight excluding hydrogens is 627 g/mol. The second-order valence-electron chi connectivity index (χ2n) is 10.1. The number of aliphatic hydroxyl groups is 2. The number of anilines is 2. The fourth-order valence-corrected chi connectivity index (χ4v) is 5.60. The zero-order valence-corrected chi connectivity index (χ0v) is 24.2. The Morgan fingerprint density at radius 1 is 0.956 bits per heavy atom. The number of rotatable bonds is 11. The summed E-state index contributed by atoms with van der Waals surface area (Å²) in [6.07, 6.45) is -5.10. The van der Waals surface area contributed by atoms with Crippen LogP contribution in [0.3, 0.4) is 0 Å². The fourth-order valence-electron chi connectivity index (χ4n) is 5.26. The van der Waals surface area contributed by atoms with Crippen molar-refractivity contribution in [3.63, 3.8) is 0 Å². The van der Waals surface area contributed by atoms with Crippen LogP contribution in [0.5, 0.6) is 0 Å². The van der Waals surface area contributed by atoms with E-state index < -0.39 is 75.9 Å². The van der Waals surface area contributed by atoms with E-state index in [-0.39, 0.29) is 29.5 Å². The van der Waals surface area contributed by atoms with E-state index in [2.05, 4.69) is 34.4 Å². The molecule has 244 valence electrons. The Labute approximate surface area is 251 Å². The van der Waals surface area contributed by atoms with E-state index in [0.717, 1.165) is 0 Å². The van der Waals surface area contributed by atoms with E-state index in [9.17, 15) is 29.4 Å². The molecule has 0 aliphatic carbocycles. The Balaban J connectivity index is 1.13. The van der Waals surface area contributed by atoms with Crippen molar-refractivity contribution in [2.24, 2.45) is 0 Å². The zero-order valence-electron chi connectivity index (χ0n) is 23.3. The van der Waals surface area contributed by atoms with E-state index in [1.54, 1.807) is 0 Å². The molecular formula is C22H29N10O12P. The molecule has 6 rings (SSSR count). The molecule has 0 unspecified atom stereocenters. The van der Waals surface area contributed by atoms with Gasteiger partial charge in [-0.25, -0.2) is 24.5 Å². The zero-order chi connectivity index (χ0) is 32.0. The molecule has 23 heteroatoms. The maximum atomic E-state index is 12.1. The predicted molar refractivity (Wildman–Crippen MR) is 147 cm³/mol. The summed E-state index contributed by atoms with van der Waals surface area (Å²) in [4.78, 5) is 53.3. The van der Waals surface area contributed by atoms with Gasteiger partial charge in [-0.2, -0.15) is 4.98 Å². The van der Waals surface area contributed by atoms with Crippen LogP contribution >= 0.6 is 7.82 Å². The first-order chi connectivity index (χ1) is 21.5. The summed E-state index contributed by atoms with van der Waals surface area (Å²) >= 11 is 0. The molecule has 0 radical (unpaired) electrons. The van der Waals surface area contributed by atoms with Crippen molar-refractivity contribution >= 4 is 41.9 Å². The first-order valence-corrected chi connectivity index (χ1v) is 14.7. The molecule has 6 heterocycles. The number of aromatic amines is 1. The van der Waals surface area contributed by atoms with Crippen LogP contribution in [0.15, 0.2) is 23.8 Å². The van der Waals surface area contributed by atoms with E-state index >= 15 is 0 Å². The number of ether oxygens (including phenoxy) is 5. The topological polar surface area (TPSA) is 313 Å². The molecule has 0 bridgehead atoms. The van der Waals surface area contributed by atoms with Gasteiger partial charge >= 0.3 is 7.82 Å². The van der Waals surface area contributed by atoms with Gasteiger partial charge < -0.3 is 55.2 Å². The van der Waals surface area contributed by atoms with Gasteiger partial charge in [0.05, 0.1) is 25.9 Å². The summed E-state index contributed by atoms with van der Waals surface area (Å²) < 4.78 is 47.9. The lowest BCUT2D eigenvalue weighted by Crippen LogP contribution is -2.39. The molecule has 0 aromatic carbocycles. The number of hydrogen-bond acceptors (Lipinski definition) is 17. The molecule has 0 spiro atoms. The van der Waals surface area contributed by atoms with Crippen molar-refractivity contribution in [3.05, 3.63) is 29.3 Å². The number of nitrogens with two attached hydrogens (primary N) is 2. The molecule has 9 N–H and O–H groups in total. The third-order valence-electron chi connectivity index (χ3n) is 7.31. The minimum Gasteiger partial charge on any atom is -0.387 e. The Morgan fingerprint density at radius 3 is 2.40 bits per heavy atom. The number of nitrogens with one attached hydrogen (secondary N) is 1. The number of H-pyrrole nitrogens is 1. The van der Waals surface area contributed by atoms with Crippen LogP contribution in [-0.2, 0) is 32.8 Å². The predicted octanol–water partition coefficient (Wildman–Crippen LogP) is -2.88. The third kappa shape index (κ3) is 6.01. The monoisotopic (exact) mass is 656 g/mol. The first kappa shape index (κ1) is 31.3. The van der Waals surface area contributed by atoms with Gasteiger partial charge in [0, 0.05) is 7.11 Å². The lowest BCUT2D eigenvalue weighted by atomic mass is 10.1. The van der Waals surface area contributed by atoms with Crippen molar-refractivity contribution in [2.75, 3.05) is 38.6 Å². The normalized spacial score (nSPS) is 28.9. The highest BCUT2D eigenvalue weighted by Crippen LogP contribution is 2.40. The number of aliphatic hydroxyl groups excluding tert-OH is 2. The SMILES string of the molecule is CO[C@@H]1[C@H](OCOC[C@H]2O[C@@H](n3cnc4c(=O)[nH]c(N)nc43)[C@H](O)[C@@H]2O)[C@@H](COP(=O)(O)O)O[C@H]1n1cnc2c(N)ncnc21. The minimum atomic E-state index is -4.87. The highest BCUT2D eigenvalue weighted by molar-refractivity contribution is 7.46. The Morgan fingerprint density at radius 2 is 1.67 bits per heavy atom. The quantitative estimate of drug-likeness (QED) is 0.0484. The van der Waals surface area contributed by atoms with Crippen molar-refractivity contribution in [2.45, 2.75) is 49.1 Å². The first-order valence-electron chi connectivity index (χ1n) is 13.2. The number of fused-ring (bicyclic) bond motifs is 2. The average molecular weight is 657 g/mol. The van der Waals surface area contributed by atoms with E-state index in [1.165, 1.54) is 35.2 Å². The Hall–Kier alpha value is -3.67. The molecule has 8 atom stereocenters. The number of nitrogen functional groups attached to an aromatic ring is 2. The molecule has 2 fully saturated rings. The van der Waals surface area contributed by atoms with Crippen LogP contribution in [0.25, 0.3) is 22.3 Å². The lowest BCUT2D eigenvalue weighted by molar-refractivity contribution is -0.155. The fraction of sp³-hybridized carbons (Fsp3) is 0.545. The van der Waals surface area contributed by atoms with Gasteiger partial charge in [-0.1, -0.05) is 0 Å². The molecule has 0 saturated carbocycles. The van der Waals surface area contributed by atoms with Crippen molar-refractivity contribution in [1.29, 1.82) is 0 Å². The summed E-state index contributed by atoms with van der Waals surface area (Å²) in [6, 6.07) is 0. The van der Waals surface area contributed by atoms with E-state index in [0.29, 0.717) is 11.2 Å². The highest BCUT2D eigenvalue weighted by atomic mass is 31.2. The number of aromatic nitrogens is 8. The average Bonchev–Trinajstić information content (AvgIpc) is 3.75. The van der Waals surface area contributed by atoms with Crippen molar-refractivity contribution in [1.82, 2.24) is 39.0 Å². The summed E-state index contributed by atoms with van der Waals surface area (Å²) in [5, 5.41) is 21.3. The van der Waals surface area contributed by atoms with Gasteiger partial charge in [-0.3, -0.25) is 23.4 Å². The number of imidazole rings is 2. The summed E-state index contributed by atoms with van der Waals surface area (Å²) in [5.41, 5.74) is 11.6. The largest absolute Gasteiger partial charge is 0.469 e. The molecule has 4 aromatic heterocycles. The maximum absolute atomic E-state index is 12.1. The van der Waals surface area contributed by atoms with Gasteiger partial charge in [-0.05, 0) is 0 Å².